The molecule has 0 saturated heterocycles. The van der Waals surface area contributed by atoms with Crippen LogP contribution in [0.2, 0.25) is 0 Å². The number of hydrogen-bond acceptors (Lipinski definition) is 3. The van der Waals surface area contributed by atoms with Crippen LogP contribution in [-0.4, -0.2) is 24.4 Å². The van der Waals surface area contributed by atoms with E-state index < -0.39 is 29.3 Å². The number of hydrogen-bond donors (Lipinski definition) is 0. The Labute approximate surface area is 165 Å². The molecule has 29 heavy (non-hydrogen) atoms. The molecule has 0 radical (unpaired) electrons. The SMILES string of the molecule is CCOC1=CC=C(OC(=O)c2ccc(-c3ccc(C)cc3)cc2)C(F)(F)C1(F)F. The molecule has 152 valence electrons. The maximum atomic E-state index is 14.2. The number of halogens is 4. The van der Waals surface area contributed by atoms with E-state index in [1.807, 2.05) is 31.2 Å². The predicted octanol–water partition coefficient (Wildman–Crippen LogP) is 5.91. The number of alkyl halides is 4. The summed E-state index contributed by atoms with van der Waals surface area (Å²) < 4.78 is 65.6. The Balaban J connectivity index is 1.80. The molecule has 0 unspecified atom stereocenters. The van der Waals surface area contributed by atoms with E-state index in [1.165, 1.54) is 19.1 Å². The quantitative estimate of drug-likeness (QED) is 0.458. The Morgan fingerprint density at radius 2 is 1.31 bits per heavy atom. The number of carbonyl (C=O) groups is 1. The third-order valence-electron chi connectivity index (χ3n) is 4.41. The van der Waals surface area contributed by atoms with Gasteiger partial charge in [-0.05, 0) is 49.3 Å². The minimum Gasteiger partial charge on any atom is -0.492 e. The molecular formula is C22H18F4O3. The fraction of sp³-hybridized carbons (Fsp3) is 0.227. The van der Waals surface area contributed by atoms with Crippen molar-refractivity contribution in [2.45, 2.75) is 25.7 Å². The predicted molar refractivity (Wildman–Crippen MR) is 99.7 cm³/mol. The molecule has 0 bridgehead atoms. The molecule has 0 amide bonds. The van der Waals surface area contributed by atoms with Crippen molar-refractivity contribution in [3.63, 3.8) is 0 Å². The lowest BCUT2D eigenvalue weighted by Crippen LogP contribution is -2.47. The van der Waals surface area contributed by atoms with Gasteiger partial charge in [-0.2, -0.15) is 17.6 Å². The summed E-state index contributed by atoms with van der Waals surface area (Å²) in [5.74, 6) is -13.1. The van der Waals surface area contributed by atoms with E-state index in [0.29, 0.717) is 12.2 Å². The summed E-state index contributed by atoms with van der Waals surface area (Å²) in [7, 11) is 0. The molecule has 2 aromatic carbocycles. The van der Waals surface area contributed by atoms with Gasteiger partial charge < -0.3 is 9.47 Å². The molecule has 1 aliphatic rings. The topological polar surface area (TPSA) is 35.5 Å². The van der Waals surface area contributed by atoms with Gasteiger partial charge in [-0.25, -0.2) is 4.79 Å². The number of benzene rings is 2. The van der Waals surface area contributed by atoms with Crippen molar-refractivity contribution in [3.05, 3.63) is 83.3 Å². The number of rotatable bonds is 5. The summed E-state index contributed by atoms with van der Waals surface area (Å²) in [5.41, 5.74) is 2.76. The lowest BCUT2D eigenvalue weighted by atomic mass is 10.0. The monoisotopic (exact) mass is 406 g/mol. The smallest absolute Gasteiger partial charge is 0.374 e. The van der Waals surface area contributed by atoms with Crippen molar-refractivity contribution in [1.82, 2.24) is 0 Å². The van der Waals surface area contributed by atoms with Crippen LogP contribution in [-0.2, 0) is 9.47 Å². The molecule has 3 rings (SSSR count). The van der Waals surface area contributed by atoms with Gasteiger partial charge in [0.05, 0.1) is 12.2 Å². The summed E-state index contributed by atoms with van der Waals surface area (Å²) in [6.07, 6.45) is 1.31. The summed E-state index contributed by atoms with van der Waals surface area (Å²) in [4.78, 5) is 12.2. The Morgan fingerprint density at radius 3 is 1.86 bits per heavy atom. The van der Waals surface area contributed by atoms with Gasteiger partial charge in [-0.1, -0.05) is 42.0 Å². The maximum Gasteiger partial charge on any atom is 0.374 e. The van der Waals surface area contributed by atoms with Crippen molar-refractivity contribution in [1.29, 1.82) is 0 Å². The maximum absolute atomic E-state index is 14.2. The first-order chi connectivity index (χ1) is 13.7. The highest BCUT2D eigenvalue weighted by Gasteiger charge is 2.65. The van der Waals surface area contributed by atoms with Gasteiger partial charge in [0.25, 0.3) is 0 Å². The highest BCUT2D eigenvalue weighted by Crippen LogP contribution is 2.48. The molecule has 2 aromatic rings. The van der Waals surface area contributed by atoms with Crippen LogP contribution in [0.5, 0.6) is 0 Å². The van der Waals surface area contributed by atoms with Crippen LogP contribution in [0.25, 0.3) is 11.1 Å². The Hall–Kier alpha value is -3.09. The number of allylic oxidation sites excluding steroid dienone is 4. The van der Waals surface area contributed by atoms with E-state index in [9.17, 15) is 22.4 Å². The molecular weight excluding hydrogens is 388 g/mol. The summed E-state index contributed by atoms with van der Waals surface area (Å²) in [6, 6.07) is 13.7. The Bertz CT molecular complexity index is 959. The normalized spacial score (nSPS) is 17.2. The fourth-order valence-electron chi connectivity index (χ4n) is 2.77. The van der Waals surface area contributed by atoms with Gasteiger partial charge >= 0.3 is 17.8 Å². The van der Waals surface area contributed by atoms with Crippen LogP contribution in [0.1, 0.15) is 22.8 Å². The van der Waals surface area contributed by atoms with Crippen LogP contribution in [0.4, 0.5) is 17.6 Å². The first-order valence-electron chi connectivity index (χ1n) is 8.87. The molecule has 0 aliphatic heterocycles. The lowest BCUT2D eigenvalue weighted by Gasteiger charge is -2.31. The van der Waals surface area contributed by atoms with E-state index in [2.05, 4.69) is 9.47 Å². The van der Waals surface area contributed by atoms with Crippen molar-refractivity contribution >= 4 is 5.97 Å². The summed E-state index contributed by atoms with van der Waals surface area (Å²) in [6.45, 7) is 3.15. The highest BCUT2D eigenvalue weighted by molar-refractivity contribution is 5.91. The third kappa shape index (κ3) is 3.90. The molecule has 0 N–H and O–H groups in total. The second-order valence-corrected chi connectivity index (χ2v) is 6.48. The number of esters is 1. The molecule has 0 saturated carbocycles. The second kappa shape index (κ2) is 7.73. The fourth-order valence-corrected chi connectivity index (χ4v) is 2.77. The average molecular weight is 406 g/mol. The van der Waals surface area contributed by atoms with E-state index in [-0.39, 0.29) is 12.2 Å². The zero-order valence-electron chi connectivity index (χ0n) is 15.7. The molecule has 0 aromatic heterocycles. The molecule has 0 heterocycles. The van der Waals surface area contributed by atoms with Crippen LogP contribution >= 0.6 is 0 Å². The van der Waals surface area contributed by atoms with Crippen molar-refractivity contribution < 1.29 is 31.8 Å². The zero-order chi connectivity index (χ0) is 21.2. The van der Waals surface area contributed by atoms with Gasteiger partial charge in [0.1, 0.15) is 0 Å². The minimum absolute atomic E-state index is 0.0412. The molecule has 1 aliphatic carbocycles. The number of ether oxygens (including phenoxy) is 2. The number of aryl methyl sites for hydroxylation is 1. The Kier molecular flexibility index (Phi) is 5.50. The lowest BCUT2D eigenvalue weighted by molar-refractivity contribution is -0.200. The molecule has 3 nitrogen and oxygen atoms in total. The van der Waals surface area contributed by atoms with Crippen molar-refractivity contribution in [3.8, 4) is 11.1 Å². The highest BCUT2D eigenvalue weighted by atomic mass is 19.3. The van der Waals surface area contributed by atoms with E-state index in [4.69, 9.17) is 0 Å². The summed E-state index contributed by atoms with van der Waals surface area (Å²) in [5, 5.41) is 0. The zero-order valence-corrected chi connectivity index (χ0v) is 15.7. The average Bonchev–Trinajstić information content (AvgIpc) is 2.69. The molecule has 7 heteroatoms. The second-order valence-electron chi connectivity index (χ2n) is 6.48. The first-order valence-corrected chi connectivity index (χ1v) is 8.87. The molecule has 0 spiro atoms. The summed E-state index contributed by atoms with van der Waals surface area (Å²) >= 11 is 0. The standard InChI is InChI=1S/C22H18F4O3/c1-3-28-18-12-13-19(22(25,26)21(18,23)24)29-20(27)17-10-8-16(9-11-17)15-6-4-14(2)5-7-15/h4-13H,3H2,1-2H3. The van der Waals surface area contributed by atoms with Crippen LogP contribution in [0.15, 0.2) is 72.2 Å². The van der Waals surface area contributed by atoms with Gasteiger partial charge in [0.15, 0.2) is 11.5 Å². The Morgan fingerprint density at radius 1 is 0.828 bits per heavy atom. The molecule has 0 fully saturated rings. The minimum atomic E-state index is -4.72. The van der Waals surface area contributed by atoms with Crippen LogP contribution in [0.3, 0.4) is 0 Å². The largest absolute Gasteiger partial charge is 0.492 e. The number of carbonyl (C=O) groups excluding carboxylic acids is 1. The van der Waals surface area contributed by atoms with Gasteiger partial charge in [0, 0.05) is 0 Å². The van der Waals surface area contributed by atoms with Crippen LogP contribution < -0.4 is 0 Å². The van der Waals surface area contributed by atoms with Gasteiger partial charge in [0.2, 0.25) is 0 Å². The van der Waals surface area contributed by atoms with Crippen LogP contribution in [0, 0.1) is 6.92 Å². The van der Waals surface area contributed by atoms with E-state index in [1.54, 1.807) is 12.1 Å². The van der Waals surface area contributed by atoms with Crippen molar-refractivity contribution in [2.75, 3.05) is 6.61 Å². The molecule has 0 atom stereocenters. The van der Waals surface area contributed by atoms with Gasteiger partial charge in [-0.15, -0.1) is 0 Å². The van der Waals surface area contributed by atoms with E-state index >= 15 is 0 Å². The van der Waals surface area contributed by atoms with E-state index in [0.717, 1.165) is 16.7 Å². The van der Waals surface area contributed by atoms with Crippen molar-refractivity contribution in [2.24, 2.45) is 0 Å². The van der Waals surface area contributed by atoms with Gasteiger partial charge in [-0.3, -0.25) is 0 Å². The first kappa shape index (κ1) is 20.6. The third-order valence-corrected chi connectivity index (χ3v) is 4.41.